The third-order valence-corrected chi connectivity index (χ3v) is 16.3. The van der Waals surface area contributed by atoms with Gasteiger partial charge in [-0.1, -0.05) is 104 Å². The van der Waals surface area contributed by atoms with E-state index in [0.717, 1.165) is 63.4 Å². The van der Waals surface area contributed by atoms with Crippen LogP contribution in [0.25, 0.3) is 0 Å². The second-order valence-corrected chi connectivity index (χ2v) is 23.9. The van der Waals surface area contributed by atoms with Gasteiger partial charge in [0.2, 0.25) is 5.91 Å². The molecule has 0 spiro atoms. The summed E-state index contributed by atoms with van der Waals surface area (Å²) < 4.78 is 35.4. The Kier molecular flexibility index (Phi) is 23.1. The van der Waals surface area contributed by atoms with Crippen molar-refractivity contribution in [3.8, 4) is 5.75 Å². The molecule has 1 amide bonds. The second kappa shape index (κ2) is 26.0. The highest BCUT2D eigenvalue weighted by atomic mass is 28.4. The van der Waals surface area contributed by atoms with Crippen molar-refractivity contribution in [2.75, 3.05) is 33.5 Å². The van der Waals surface area contributed by atoms with Crippen LogP contribution in [0.4, 0.5) is 0 Å². The van der Waals surface area contributed by atoms with Crippen molar-refractivity contribution >= 4 is 26.2 Å². The van der Waals surface area contributed by atoms with Gasteiger partial charge in [0, 0.05) is 32.3 Å². The number of unbranched alkanes of at least 4 members (excludes halogenated alkanes) is 9. The molecular formula is C48H83NO10Si. The molecule has 0 radical (unpaired) electrons. The number of carbonyl (C=O) groups excluding carboxylic acids is 3. The highest BCUT2D eigenvalue weighted by Gasteiger charge is 2.50. The summed E-state index contributed by atoms with van der Waals surface area (Å²) in [6.07, 6.45) is 17.6. The van der Waals surface area contributed by atoms with Gasteiger partial charge in [0.15, 0.2) is 19.7 Å². The smallest absolute Gasteiger partial charge is 0.339 e. The van der Waals surface area contributed by atoms with E-state index in [-0.39, 0.29) is 24.5 Å². The molecule has 11 nitrogen and oxygen atoms in total. The van der Waals surface area contributed by atoms with Crippen molar-refractivity contribution in [2.45, 2.75) is 199 Å². The number of esters is 2. The largest absolute Gasteiger partial charge is 0.494 e. The van der Waals surface area contributed by atoms with Crippen molar-refractivity contribution in [2.24, 2.45) is 5.92 Å². The van der Waals surface area contributed by atoms with Crippen LogP contribution in [0.2, 0.25) is 18.1 Å². The molecule has 344 valence electrons. The lowest BCUT2D eigenvalue weighted by Crippen LogP contribution is -2.57. The number of methoxy groups -OCH3 is 1. The van der Waals surface area contributed by atoms with Gasteiger partial charge in [0.25, 0.3) is 0 Å². The molecule has 1 aliphatic rings. The topological polar surface area (TPSA) is 139 Å². The van der Waals surface area contributed by atoms with Crippen molar-refractivity contribution < 1.29 is 47.6 Å². The number of carbonyl (C=O) groups is 3. The molecule has 1 heterocycles. The maximum absolute atomic E-state index is 14.5. The summed E-state index contributed by atoms with van der Waals surface area (Å²) >= 11 is 0. The molecule has 60 heavy (non-hydrogen) atoms. The van der Waals surface area contributed by atoms with Gasteiger partial charge in [0.05, 0.1) is 32.8 Å². The molecule has 1 aliphatic heterocycles. The number of hydrogen-bond donors (Lipinski definition) is 2. The maximum Gasteiger partial charge on any atom is 0.339 e. The Morgan fingerprint density at radius 2 is 1.43 bits per heavy atom. The number of nitrogens with one attached hydrogen (secondary N) is 1. The fraction of sp³-hybridized carbons (Fsp3) is 0.771. The van der Waals surface area contributed by atoms with E-state index in [4.69, 9.17) is 28.1 Å². The highest BCUT2D eigenvalue weighted by molar-refractivity contribution is 6.74. The predicted octanol–water partition coefficient (Wildman–Crippen LogP) is 10.2. The van der Waals surface area contributed by atoms with E-state index in [2.05, 4.69) is 53.0 Å². The van der Waals surface area contributed by atoms with Crippen molar-refractivity contribution in [3.63, 3.8) is 0 Å². The van der Waals surface area contributed by atoms with Crippen LogP contribution < -0.4 is 10.1 Å². The first kappa shape index (κ1) is 53.4. The van der Waals surface area contributed by atoms with Crippen LogP contribution in [-0.2, 0) is 44.2 Å². The van der Waals surface area contributed by atoms with E-state index in [0.29, 0.717) is 32.0 Å². The molecule has 1 fully saturated rings. The fourth-order valence-electron chi connectivity index (χ4n) is 6.93. The number of hydrogen-bond acceptors (Lipinski definition) is 10. The molecule has 0 aliphatic carbocycles. The van der Waals surface area contributed by atoms with Crippen LogP contribution >= 0.6 is 0 Å². The van der Waals surface area contributed by atoms with Gasteiger partial charge in [-0.05, 0) is 88.7 Å². The Bertz CT molecular complexity index is 1430. The number of aliphatic hydroxyl groups is 1. The first-order valence-corrected chi connectivity index (χ1v) is 25.8. The van der Waals surface area contributed by atoms with Gasteiger partial charge in [-0.2, -0.15) is 0 Å². The Morgan fingerprint density at radius 1 is 0.850 bits per heavy atom. The minimum absolute atomic E-state index is 0.0324. The highest BCUT2D eigenvalue weighted by Crippen LogP contribution is 2.38. The zero-order valence-corrected chi connectivity index (χ0v) is 40.4. The fourth-order valence-corrected chi connectivity index (χ4v) is 7.98. The third-order valence-electron chi connectivity index (χ3n) is 11.7. The van der Waals surface area contributed by atoms with E-state index in [1.807, 2.05) is 30.3 Å². The molecule has 2 unspecified atom stereocenters. The summed E-state index contributed by atoms with van der Waals surface area (Å²) in [6.45, 7) is 21.9. The summed E-state index contributed by atoms with van der Waals surface area (Å²) in [5.41, 5.74) is -2.48. The Balaban J connectivity index is 2.30. The van der Waals surface area contributed by atoms with Crippen LogP contribution in [0.15, 0.2) is 36.4 Å². The quantitative estimate of drug-likeness (QED) is 0.0346. The average Bonchev–Trinajstić information content (AvgIpc) is 3.64. The molecule has 0 aromatic heterocycles. The molecule has 1 saturated heterocycles. The van der Waals surface area contributed by atoms with Crippen LogP contribution in [0, 0.1) is 5.92 Å². The molecular weight excluding hydrogens is 779 g/mol. The van der Waals surface area contributed by atoms with Crippen LogP contribution in [0.1, 0.15) is 157 Å². The SMILES string of the molecule is CCCCCCCC1(CCCCCCC=CC(C(=O)N[C@@H](Cc2ccc(OCCCC)cc2)C(=O)OC)C(O)(CCO[Si](C)(C)C(C)(C)C)C(=O)OC(C)(C)C)OCCO1. The third kappa shape index (κ3) is 18.7. The number of ether oxygens (including phenoxy) is 5. The van der Waals surface area contributed by atoms with Crippen LogP contribution in [0.3, 0.4) is 0 Å². The van der Waals surface area contributed by atoms with Gasteiger partial charge in [0.1, 0.15) is 17.4 Å². The van der Waals surface area contributed by atoms with Crippen molar-refractivity contribution in [1.82, 2.24) is 5.32 Å². The van der Waals surface area contributed by atoms with E-state index in [1.54, 1.807) is 26.8 Å². The first-order valence-electron chi connectivity index (χ1n) is 22.9. The molecule has 0 saturated carbocycles. The molecule has 3 atom stereocenters. The maximum atomic E-state index is 14.5. The minimum atomic E-state index is -2.31. The van der Waals surface area contributed by atoms with Crippen molar-refractivity contribution in [3.05, 3.63) is 42.0 Å². The normalized spacial score (nSPS) is 16.6. The van der Waals surface area contributed by atoms with Gasteiger partial charge >= 0.3 is 11.9 Å². The Hall–Kier alpha value is -2.77. The van der Waals surface area contributed by atoms with Crippen LogP contribution in [-0.4, -0.2) is 87.8 Å². The predicted molar refractivity (Wildman–Crippen MR) is 241 cm³/mol. The summed E-state index contributed by atoms with van der Waals surface area (Å²) in [4.78, 5) is 41.7. The van der Waals surface area contributed by atoms with Crippen molar-refractivity contribution in [1.29, 1.82) is 0 Å². The van der Waals surface area contributed by atoms with Gasteiger partial charge in [-0.3, -0.25) is 4.79 Å². The molecule has 1 aromatic rings. The lowest BCUT2D eigenvalue weighted by molar-refractivity contribution is -0.185. The Labute approximate surface area is 364 Å². The molecule has 0 bridgehead atoms. The van der Waals surface area contributed by atoms with E-state index < -0.39 is 55.1 Å². The van der Waals surface area contributed by atoms with E-state index in [9.17, 15) is 19.5 Å². The summed E-state index contributed by atoms with van der Waals surface area (Å²) in [5.74, 6) is -3.41. The number of rotatable bonds is 29. The second-order valence-electron chi connectivity index (χ2n) is 19.0. The van der Waals surface area contributed by atoms with E-state index >= 15 is 0 Å². The summed E-state index contributed by atoms with van der Waals surface area (Å²) in [6, 6.07) is 6.26. The number of benzene rings is 1. The molecule has 2 N–H and O–H groups in total. The monoisotopic (exact) mass is 862 g/mol. The zero-order valence-electron chi connectivity index (χ0n) is 39.4. The van der Waals surface area contributed by atoms with Gasteiger partial charge in [-0.25, -0.2) is 9.59 Å². The Morgan fingerprint density at radius 3 is 1.98 bits per heavy atom. The minimum Gasteiger partial charge on any atom is -0.494 e. The van der Waals surface area contributed by atoms with Gasteiger partial charge < -0.3 is 38.5 Å². The van der Waals surface area contributed by atoms with Crippen LogP contribution in [0.5, 0.6) is 5.75 Å². The summed E-state index contributed by atoms with van der Waals surface area (Å²) in [7, 11) is -1.03. The number of allylic oxidation sites excluding steroid dienone is 1. The molecule has 2 rings (SSSR count). The number of amides is 1. The zero-order chi connectivity index (χ0) is 44.9. The lowest BCUT2D eigenvalue weighted by Gasteiger charge is -2.38. The van der Waals surface area contributed by atoms with E-state index in [1.165, 1.54) is 32.8 Å². The molecule has 1 aromatic carbocycles. The first-order chi connectivity index (χ1) is 28.2. The van der Waals surface area contributed by atoms with Gasteiger partial charge in [-0.15, -0.1) is 0 Å². The summed E-state index contributed by atoms with van der Waals surface area (Å²) in [5, 5.41) is 15.2. The lowest BCUT2D eigenvalue weighted by atomic mass is 9.82. The average molecular weight is 862 g/mol. The standard InChI is InChI=1S/C48H83NO10Si/c1-12-14-16-20-23-30-47(56-35-36-57-47)31-24-21-18-17-19-22-25-40(48(53,44(52)59-45(3,4)5)32-34-58-60(10,11)46(6,7)8)42(50)49-41(43(51)54-9)37-38-26-28-39(29-27-38)55-33-15-13-2/h22,25-29,40-41,53H,12-21,23-24,30-37H2,1-11H3,(H,49,50)/t40?,41-,48?/m0/s1. The molecule has 12 heteroatoms.